The van der Waals surface area contributed by atoms with Gasteiger partial charge in [-0.3, -0.25) is 4.79 Å². The van der Waals surface area contributed by atoms with E-state index in [1.54, 1.807) is 19.1 Å². The van der Waals surface area contributed by atoms with E-state index in [0.29, 0.717) is 43.1 Å². The fraction of sp³-hybridized carbons (Fsp3) is 0.316. The van der Waals surface area contributed by atoms with Gasteiger partial charge >= 0.3 is 0 Å². The van der Waals surface area contributed by atoms with Crippen LogP contribution >= 0.6 is 0 Å². The monoisotopic (exact) mass is 415 g/mol. The average Bonchev–Trinajstić information content (AvgIpc) is 3.13. The number of hydrogen-bond donors (Lipinski definition) is 1. The van der Waals surface area contributed by atoms with Crippen molar-refractivity contribution >= 4 is 32.7 Å². The molecule has 10 heteroatoms. The first kappa shape index (κ1) is 19.5. The van der Waals surface area contributed by atoms with E-state index in [1.807, 2.05) is 24.3 Å². The lowest BCUT2D eigenvalue weighted by molar-refractivity contribution is -0.116. The molecule has 3 aromatic rings. The summed E-state index contributed by atoms with van der Waals surface area (Å²) in [6, 6.07) is 12.2. The van der Waals surface area contributed by atoms with E-state index in [0.717, 1.165) is 5.52 Å². The van der Waals surface area contributed by atoms with Gasteiger partial charge < -0.3 is 10.1 Å². The molecule has 1 N–H and O–H groups in total. The summed E-state index contributed by atoms with van der Waals surface area (Å²) in [4.78, 5) is 12.7. The van der Waals surface area contributed by atoms with Crippen molar-refractivity contribution in [2.75, 3.05) is 31.6 Å². The predicted molar refractivity (Wildman–Crippen MR) is 107 cm³/mol. The number of rotatable bonds is 5. The Labute approximate surface area is 168 Å². The molecule has 0 bridgehead atoms. The molecule has 0 atom stereocenters. The Morgan fingerprint density at radius 2 is 1.93 bits per heavy atom. The van der Waals surface area contributed by atoms with Crippen LogP contribution in [0.25, 0.3) is 11.0 Å². The second-order valence-corrected chi connectivity index (χ2v) is 8.69. The minimum Gasteiger partial charge on any atom is -0.379 e. The van der Waals surface area contributed by atoms with Crippen LogP contribution < -0.4 is 5.32 Å². The lowest BCUT2D eigenvalue weighted by Crippen LogP contribution is -2.40. The van der Waals surface area contributed by atoms with E-state index in [2.05, 4.69) is 15.6 Å². The van der Waals surface area contributed by atoms with Crippen molar-refractivity contribution in [2.24, 2.45) is 0 Å². The van der Waals surface area contributed by atoms with E-state index in [4.69, 9.17) is 4.74 Å². The Morgan fingerprint density at radius 1 is 1.17 bits per heavy atom. The second kappa shape index (κ2) is 7.90. The van der Waals surface area contributed by atoms with Crippen LogP contribution in [0.15, 0.2) is 47.4 Å². The third-order valence-corrected chi connectivity index (χ3v) is 6.81. The zero-order chi connectivity index (χ0) is 20.4. The van der Waals surface area contributed by atoms with Gasteiger partial charge in [0.2, 0.25) is 15.9 Å². The van der Waals surface area contributed by atoms with Crippen LogP contribution in [0.5, 0.6) is 0 Å². The van der Waals surface area contributed by atoms with Crippen molar-refractivity contribution in [2.45, 2.75) is 18.4 Å². The molecule has 0 spiro atoms. The number of carbonyl (C=O) groups excluding carboxylic acids is 1. The summed E-state index contributed by atoms with van der Waals surface area (Å²) < 4.78 is 34.1. The van der Waals surface area contributed by atoms with Crippen LogP contribution in [0, 0.1) is 6.92 Å². The predicted octanol–water partition coefficient (Wildman–Crippen LogP) is 1.40. The molecule has 1 aliphatic rings. The van der Waals surface area contributed by atoms with Crippen LogP contribution in [0.1, 0.15) is 5.56 Å². The summed E-state index contributed by atoms with van der Waals surface area (Å²) in [6.07, 6.45) is 0. The Hall–Kier alpha value is -2.82. The number of hydrogen-bond acceptors (Lipinski definition) is 6. The molecule has 0 aliphatic carbocycles. The number of aromatic nitrogens is 3. The molecule has 4 rings (SSSR count). The number of carbonyl (C=O) groups is 1. The van der Waals surface area contributed by atoms with Crippen molar-refractivity contribution in [1.82, 2.24) is 19.3 Å². The van der Waals surface area contributed by atoms with Crippen LogP contribution in [0.4, 0.5) is 5.69 Å². The fourth-order valence-electron chi connectivity index (χ4n) is 3.25. The van der Waals surface area contributed by atoms with Crippen LogP contribution in [-0.4, -0.2) is 59.9 Å². The molecule has 2 heterocycles. The van der Waals surface area contributed by atoms with Crippen LogP contribution in [0.3, 0.4) is 0 Å². The third-order valence-electron chi connectivity index (χ3n) is 4.77. The number of aryl methyl sites for hydroxylation is 1. The molecule has 0 radical (unpaired) electrons. The highest BCUT2D eigenvalue weighted by Gasteiger charge is 2.28. The standard InChI is InChI=1S/C19H21N5O4S/c1-14-6-7-15(12-18(14)29(26,27)23-8-10-28-11-9-23)20-19(25)13-24-17-5-3-2-4-16(17)21-22-24/h2-7,12H,8-11,13H2,1H3,(H,20,25). The van der Waals surface area contributed by atoms with Crippen molar-refractivity contribution in [1.29, 1.82) is 0 Å². The number of amides is 1. The molecule has 0 saturated carbocycles. The van der Waals surface area contributed by atoms with Gasteiger partial charge in [-0.25, -0.2) is 13.1 Å². The number of sulfonamides is 1. The summed E-state index contributed by atoms with van der Waals surface area (Å²) >= 11 is 0. The number of nitrogens with zero attached hydrogens (tertiary/aromatic N) is 4. The van der Waals surface area contributed by atoms with Crippen molar-refractivity contribution < 1.29 is 17.9 Å². The van der Waals surface area contributed by atoms with Crippen molar-refractivity contribution in [3.05, 3.63) is 48.0 Å². The second-order valence-electron chi connectivity index (χ2n) is 6.78. The summed E-state index contributed by atoms with van der Waals surface area (Å²) in [5, 5.41) is 10.8. The Kier molecular flexibility index (Phi) is 5.31. The molecule has 29 heavy (non-hydrogen) atoms. The molecular weight excluding hydrogens is 394 g/mol. The maximum absolute atomic E-state index is 13.0. The van der Waals surface area contributed by atoms with Gasteiger partial charge in [-0.2, -0.15) is 4.31 Å². The zero-order valence-corrected chi connectivity index (χ0v) is 16.7. The van der Waals surface area contributed by atoms with Crippen LogP contribution in [0.2, 0.25) is 0 Å². The summed E-state index contributed by atoms with van der Waals surface area (Å²) in [5.74, 6) is -0.320. The molecule has 1 amide bonds. The SMILES string of the molecule is Cc1ccc(NC(=O)Cn2nnc3ccccc32)cc1S(=O)(=O)N1CCOCC1. The molecule has 1 aromatic heterocycles. The Balaban J connectivity index is 1.53. The maximum Gasteiger partial charge on any atom is 0.246 e. The van der Waals surface area contributed by atoms with Crippen molar-refractivity contribution in [3.63, 3.8) is 0 Å². The fourth-order valence-corrected chi connectivity index (χ4v) is 4.91. The quantitative estimate of drug-likeness (QED) is 0.675. The van der Waals surface area contributed by atoms with Gasteiger partial charge in [0, 0.05) is 18.8 Å². The van der Waals surface area contributed by atoms with Gasteiger partial charge in [0.15, 0.2) is 0 Å². The van der Waals surface area contributed by atoms with E-state index in [9.17, 15) is 13.2 Å². The molecule has 2 aromatic carbocycles. The number of para-hydroxylation sites is 1. The van der Waals surface area contributed by atoms with Gasteiger partial charge in [0.25, 0.3) is 0 Å². The maximum atomic E-state index is 13.0. The normalized spacial score (nSPS) is 15.5. The average molecular weight is 415 g/mol. The number of fused-ring (bicyclic) bond motifs is 1. The summed E-state index contributed by atoms with van der Waals surface area (Å²) in [6.45, 7) is 3.09. The van der Waals surface area contributed by atoms with E-state index < -0.39 is 10.0 Å². The molecule has 1 aliphatic heterocycles. The molecule has 152 valence electrons. The molecule has 1 fully saturated rings. The lowest BCUT2D eigenvalue weighted by atomic mass is 10.2. The first-order chi connectivity index (χ1) is 13.9. The van der Waals surface area contributed by atoms with Crippen molar-refractivity contribution in [3.8, 4) is 0 Å². The van der Waals surface area contributed by atoms with E-state index in [-0.39, 0.29) is 17.3 Å². The van der Waals surface area contributed by atoms with E-state index in [1.165, 1.54) is 15.1 Å². The van der Waals surface area contributed by atoms with Gasteiger partial charge in [-0.05, 0) is 36.8 Å². The number of ether oxygens (including phenoxy) is 1. The molecule has 0 unspecified atom stereocenters. The number of morpholine rings is 1. The number of nitrogens with one attached hydrogen (secondary N) is 1. The minimum atomic E-state index is -3.66. The van der Waals surface area contributed by atoms with Crippen LogP contribution in [-0.2, 0) is 26.1 Å². The minimum absolute atomic E-state index is 0.0278. The first-order valence-electron chi connectivity index (χ1n) is 9.22. The highest BCUT2D eigenvalue weighted by Crippen LogP contribution is 2.24. The molecule has 1 saturated heterocycles. The van der Waals surface area contributed by atoms with Gasteiger partial charge in [-0.15, -0.1) is 5.10 Å². The smallest absolute Gasteiger partial charge is 0.246 e. The topological polar surface area (TPSA) is 106 Å². The zero-order valence-electron chi connectivity index (χ0n) is 15.9. The molecular formula is C19H21N5O4S. The first-order valence-corrected chi connectivity index (χ1v) is 10.7. The Bertz CT molecular complexity index is 1150. The molecule has 9 nitrogen and oxygen atoms in total. The summed E-state index contributed by atoms with van der Waals surface area (Å²) in [7, 11) is -3.66. The highest BCUT2D eigenvalue weighted by atomic mass is 32.2. The van der Waals surface area contributed by atoms with E-state index >= 15 is 0 Å². The highest BCUT2D eigenvalue weighted by molar-refractivity contribution is 7.89. The third kappa shape index (κ3) is 4.00. The van der Waals surface area contributed by atoms with Gasteiger partial charge in [0.05, 0.1) is 23.6 Å². The Morgan fingerprint density at radius 3 is 2.72 bits per heavy atom. The summed E-state index contributed by atoms with van der Waals surface area (Å²) in [5.41, 5.74) is 2.49. The van der Waals surface area contributed by atoms with Gasteiger partial charge in [0.1, 0.15) is 12.1 Å². The number of benzene rings is 2. The van der Waals surface area contributed by atoms with Gasteiger partial charge in [-0.1, -0.05) is 23.4 Å². The lowest BCUT2D eigenvalue weighted by Gasteiger charge is -2.26. The number of anilines is 1. The largest absolute Gasteiger partial charge is 0.379 e.